The summed E-state index contributed by atoms with van der Waals surface area (Å²) in [5, 5.41) is 0. The molecule has 3 rings (SSSR count). The molecule has 0 fully saturated rings. The molecule has 0 aliphatic heterocycles. The van der Waals surface area contributed by atoms with Crippen molar-refractivity contribution in [1.82, 2.24) is 0 Å². The normalized spacial score (nSPS) is 11.2. The average Bonchev–Trinajstić information content (AvgIpc) is 2.93. The Morgan fingerprint density at radius 3 is 1.57 bits per heavy atom. The molecule has 3 aromatic rings. The highest BCUT2D eigenvalue weighted by molar-refractivity contribution is 6.00. The summed E-state index contributed by atoms with van der Waals surface area (Å²) >= 11 is 0. The lowest BCUT2D eigenvalue weighted by atomic mass is 9.81. The summed E-state index contributed by atoms with van der Waals surface area (Å²) in [5.74, 6) is -5.44. The molecule has 3 aromatic carbocycles. The monoisotopic (exact) mass is 548 g/mol. The van der Waals surface area contributed by atoms with E-state index in [9.17, 15) is 24.0 Å². The molecule has 0 N–H and O–H groups in total. The van der Waals surface area contributed by atoms with E-state index in [-0.39, 0.29) is 12.2 Å². The van der Waals surface area contributed by atoms with Gasteiger partial charge in [0.25, 0.3) is 0 Å². The summed E-state index contributed by atoms with van der Waals surface area (Å²) in [6.45, 7) is 0.779. The van der Waals surface area contributed by atoms with E-state index in [4.69, 9.17) is 14.2 Å². The largest absolute Gasteiger partial charge is 0.457 e. The van der Waals surface area contributed by atoms with Gasteiger partial charge in [0.15, 0.2) is 11.7 Å². The molecule has 208 valence electrons. The topological polar surface area (TPSA) is 132 Å². The molecular formula is C30H28O10. The highest BCUT2D eigenvalue weighted by atomic mass is 16.7. The number of esters is 4. The van der Waals surface area contributed by atoms with Crippen molar-refractivity contribution in [2.45, 2.75) is 26.2 Å². The molecular weight excluding hydrogens is 520 g/mol. The maximum atomic E-state index is 13.4. The van der Waals surface area contributed by atoms with Gasteiger partial charge in [0, 0.05) is 31.7 Å². The summed E-state index contributed by atoms with van der Waals surface area (Å²) in [4.78, 5) is 61.7. The van der Waals surface area contributed by atoms with Gasteiger partial charge < -0.3 is 23.7 Å². The van der Waals surface area contributed by atoms with E-state index < -0.39 is 49.3 Å². The lowest BCUT2D eigenvalue weighted by molar-refractivity contribution is -0.179. The number of ether oxygens (including phenoxy) is 5. The second-order valence-corrected chi connectivity index (χ2v) is 8.50. The molecule has 40 heavy (non-hydrogen) atoms. The van der Waals surface area contributed by atoms with Gasteiger partial charge in [0.05, 0.1) is 0 Å². The van der Waals surface area contributed by atoms with E-state index in [1.54, 1.807) is 66.7 Å². The zero-order valence-electron chi connectivity index (χ0n) is 21.9. The summed E-state index contributed by atoms with van der Waals surface area (Å²) in [6.07, 6.45) is -0.279. The first-order valence-corrected chi connectivity index (χ1v) is 12.3. The minimum Gasteiger partial charge on any atom is -0.457 e. The van der Waals surface area contributed by atoms with Gasteiger partial charge in [-0.2, -0.15) is 0 Å². The van der Waals surface area contributed by atoms with Gasteiger partial charge in [-0.05, 0) is 42.0 Å². The number of para-hydroxylation sites is 1. The summed E-state index contributed by atoms with van der Waals surface area (Å²) in [5.41, 5.74) is 0.806. The Kier molecular flexibility index (Phi) is 11.0. The first-order chi connectivity index (χ1) is 19.2. The Bertz CT molecular complexity index is 1270. The fourth-order valence-corrected chi connectivity index (χ4v) is 3.72. The van der Waals surface area contributed by atoms with Crippen LogP contribution in [0.5, 0.6) is 11.5 Å². The highest BCUT2D eigenvalue weighted by Crippen LogP contribution is 2.32. The van der Waals surface area contributed by atoms with Gasteiger partial charge in [-0.15, -0.1) is 0 Å². The second-order valence-electron chi connectivity index (χ2n) is 8.50. The van der Waals surface area contributed by atoms with Crippen molar-refractivity contribution >= 4 is 29.7 Å². The molecule has 1 unspecified atom stereocenters. The van der Waals surface area contributed by atoms with Gasteiger partial charge in [-0.25, -0.2) is 0 Å². The second kappa shape index (κ2) is 14.8. The molecule has 0 heterocycles. The van der Waals surface area contributed by atoms with Crippen molar-refractivity contribution in [3.63, 3.8) is 0 Å². The summed E-state index contributed by atoms with van der Waals surface area (Å²) in [7, 11) is 0. The fourth-order valence-electron chi connectivity index (χ4n) is 3.72. The Morgan fingerprint density at radius 1 is 0.600 bits per heavy atom. The quantitative estimate of drug-likeness (QED) is 0.129. The number of rotatable bonds is 13. The van der Waals surface area contributed by atoms with Crippen molar-refractivity contribution in [3.8, 4) is 11.5 Å². The first kappa shape index (κ1) is 29.6. The van der Waals surface area contributed by atoms with Crippen LogP contribution in [-0.4, -0.2) is 43.2 Å². The molecule has 0 amide bonds. The third-order valence-electron chi connectivity index (χ3n) is 5.63. The molecule has 10 nitrogen and oxygen atoms in total. The van der Waals surface area contributed by atoms with E-state index in [2.05, 4.69) is 9.47 Å². The molecule has 1 atom stereocenters. The summed E-state index contributed by atoms with van der Waals surface area (Å²) in [6, 6.07) is 24.0. The predicted octanol–water partition coefficient (Wildman–Crippen LogP) is 4.58. The number of carbonyl (C=O) groups is 5. The molecule has 0 spiro atoms. The molecule has 0 aliphatic rings. The van der Waals surface area contributed by atoms with Gasteiger partial charge >= 0.3 is 23.9 Å². The van der Waals surface area contributed by atoms with Crippen LogP contribution in [0.3, 0.4) is 0 Å². The van der Waals surface area contributed by atoms with E-state index in [0.717, 1.165) is 13.8 Å². The van der Waals surface area contributed by atoms with Crippen molar-refractivity contribution in [3.05, 3.63) is 96.1 Å². The molecule has 0 bridgehead atoms. The number of hydrogen-bond donors (Lipinski definition) is 0. The van der Waals surface area contributed by atoms with Gasteiger partial charge in [-0.3, -0.25) is 24.0 Å². The van der Waals surface area contributed by atoms with E-state index >= 15 is 0 Å². The van der Waals surface area contributed by atoms with E-state index in [1.165, 1.54) is 0 Å². The number of carbonyl (C=O) groups excluding carboxylic acids is 5. The number of hydrogen-bond acceptors (Lipinski definition) is 10. The van der Waals surface area contributed by atoms with Crippen LogP contribution in [0.4, 0.5) is 0 Å². The number of benzene rings is 3. The minimum absolute atomic E-state index is 0.279. The molecule has 0 aliphatic carbocycles. The maximum Gasteiger partial charge on any atom is 0.323 e. The summed E-state index contributed by atoms with van der Waals surface area (Å²) < 4.78 is 25.1. The Morgan fingerprint density at radius 2 is 1.07 bits per heavy atom. The van der Waals surface area contributed by atoms with Crippen molar-refractivity contribution in [2.75, 3.05) is 13.6 Å². The van der Waals surface area contributed by atoms with E-state index in [0.29, 0.717) is 22.6 Å². The Balaban J connectivity index is 1.85. The molecule has 10 heteroatoms. The van der Waals surface area contributed by atoms with Crippen LogP contribution >= 0.6 is 0 Å². The number of Topliss-reactive ketones (excluding diaryl/α,β-unsaturated/α-hetero) is 1. The molecule has 0 saturated carbocycles. The van der Waals surface area contributed by atoms with Crippen LogP contribution in [0.1, 0.15) is 42.1 Å². The minimum atomic E-state index is -1.64. The predicted molar refractivity (Wildman–Crippen MR) is 140 cm³/mol. The van der Waals surface area contributed by atoms with Crippen molar-refractivity contribution < 1.29 is 47.7 Å². The van der Waals surface area contributed by atoms with Crippen LogP contribution in [0.15, 0.2) is 84.9 Å². The molecule has 0 saturated heterocycles. The Labute approximate surface area is 230 Å². The zero-order chi connectivity index (χ0) is 28.9. The third-order valence-corrected chi connectivity index (χ3v) is 5.63. The van der Waals surface area contributed by atoms with Crippen LogP contribution in [0, 0.1) is 5.92 Å². The average molecular weight is 549 g/mol. The van der Waals surface area contributed by atoms with Crippen LogP contribution in [0.2, 0.25) is 0 Å². The lowest BCUT2D eigenvalue weighted by Gasteiger charge is -2.24. The first-order valence-electron chi connectivity index (χ1n) is 12.3. The highest BCUT2D eigenvalue weighted by Gasteiger charge is 2.40. The maximum absolute atomic E-state index is 13.4. The van der Waals surface area contributed by atoms with Gasteiger partial charge in [0.2, 0.25) is 13.6 Å². The zero-order valence-corrected chi connectivity index (χ0v) is 21.9. The smallest absolute Gasteiger partial charge is 0.323 e. The van der Waals surface area contributed by atoms with Crippen LogP contribution < -0.4 is 4.74 Å². The fraction of sp³-hybridized carbons (Fsp3) is 0.233. The van der Waals surface area contributed by atoms with Crippen molar-refractivity contribution in [2.24, 2.45) is 5.92 Å². The number of ketones is 1. The Hall–Kier alpha value is -4.99. The molecule has 0 aromatic heterocycles. The van der Waals surface area contributed by atoms with Gasteiger partial charge in [0.1, 0.15) is 11.5 Å². The standard InChI is InChI=1S/C30H28O10/c1-20(31)36-18-38-29(34)28(30(35)39-19-37-21(2)32)26(22-9-5-3-6-10-22)17-27(33)23-13-15-25(16-14-23)40-24-11-7-4-8-12-24/h3-16,26,28H,17-19H2,1-2H3. The molecule has 0 radical (unpaired) electrons. The van der Waals surface area contributed by atoms with Crippen LogP contribution in [-0.2, 0) is 38.1 Å². The van der Waals surface area contributed by atoms with Crippen molar-refractivity contribution in [1.29, 1.82) is 0 Å². The third kappa shape index (κ3) is 9.09. The van der Waals surface area contributed by atoms with E-state index in [1.807, 2.05) is 18.2 Å². The SMILES string of the molecule is CC(=O)OCOC(=O)C(C(=O)OCOC(C)=O)C(CC(=O)c1ccc(Oc2ccccc2)cc1)c1ccccc1. The lowest BCUT2D eigenvalue weighted by Crippen LogP contribution is -2.35. The van der Waals surface area contributed by atoms with Gasteiger partial charge in [-0.1, -0.05) is 48.5 Å². The van der Waals surface area contributed by atoms with Crippen LogP contribution in [0.25, 0.3) is 0 Å².